The van der Waals surface area contributed by atoms with Crippen LogP contribution in [0.15, 0.2) is 48.5 Å². The quantitative estimate of drug-likeness (QED) is 0.821. The van der Waals surface area contributed by atoms with Gasteiger partial charge in [0, 0.05) is 24.7 Å². The number of benzene rings is 2. The molecule has 24 heavy (non-hydrogen) atoms. The van der Waals surface area contributed by atoms with Crippen molar-refractivity contribution in [3.8, 4) is 6.07 Å². The lowest BCUT2D eigenvalue weighted by molar-refractivity contribution is 0.0939. The third kappa shape index (κ3) is 5.22. The van der Waals surface area contributed by atoms with Crippen molar-refractivity contribution >= 4 is 5.91 Å². The summed E-state index contributed by atoms with van der Waals surface area (Å²) in [7, 11) is 0. The zero-order valence-electron chi connectivity index (χ0n) is 14.2. The molecule has 0 fully saturated rings. The van der Waals surface area contributed by atoms with Crippen LogP contribution in [-0.2, 0) is 13.1 Å². The Balaban J connectivity index is 1.92. The molecule has 0 saturated heterocycles. The number of nitriles is 1. The zero-order chi connectivity index (χ0) is 17.4. The van der Waals surface area contributed by atoms with Gasteiger partial charge in [0.25, 0.3) is 5.91 Å². The lowest BCUT2D eigenvalue weighted by atomic mass is 10.1. The predicted octanol–water partition coefficient (Wildman–Crippen LogP) is 3.38. The van der Waals surface area contributed by atoms with Crippen LogP contribution < -0.4 is 10.6 Å². The highest BCUT2D eigenvalue weighted by atomic mass is 16.1. The lowest BCUT2D eigenvalue weighted by Crippen LogP contribution is -2.32. The van der Waals surface area contributed by atoms with Crippen LogP contribution in [0.5, 0.6) is 0 Å². The van der Waals surface area contributed by atoms with Crippen molar-refractivity contribution in [2.45, 2.75) is 39.4 Å². The summed E-state index contributed by atoms with van der Waals surface area (Å²) >= 11 is 0. The Labute approximate surface area is 143 Å². The molecule has 2 N–H and O–H groups in total. The zero-order valence-corrected chi connectivity index (χ0v) is 14.2. The van der Waals surface area contributed by atoms with E-state index >= 15 is 0 Å². The fraction of sp³-hybridized carbons (Fsp3) is 0.300. The number of nitrogens with zero attached hydrogens (tertiary/aromatic N) is 1. The van der Waals surface area contributed by atoms with E-state index < -0.39 is 0 Å². The van der Waals surface area contributed by atoms with E-state index in [-0.39, 0.29) is 11.9 Å². The van der Waals surface area contributed by atoms with Crippen LogP contribution in [0.3, 0.4) is 0 Å². The summed E-state index contributed by atoms with van der Waals surface area (Å²) in [4.78, 5) is 12.2. The lowest BCUT2D eigenvalue weighted by Gasteiger charge is -2.12. The van der Waals surface area contributed by atoms with E-state index in [2.05, 4.69) is 16.7 Å². The van der Waals surface area contributed by atoms with Gasteiger partial charge in [-0.15, -0.1) is 0 Å². The van der Waals surface area contributed by atoms with Crippen LogP contribution in [0.25, 0.3) is 0 Å². The number of amides is 1. The molecule has 0 aliphatic rings. The molecule has 4 heteroatoms. The van der Waals surface area contributed by atoms with Gasteiger partial charge in [0.2, 0.25) is 0 Å². The van der Waals surface area contributed by atoms with E-state index in [1.807, 2.05) is 56.3 Å². The third-order valence-corrected chi connectivity index (χ3v) is 3.89. The molecule has 4 nitrogen and oxygen atoms in total. The van der Waals surface area contributed by atoms with Gasteiger partial charge in [0.1, 0.15) is 0 Å². The fourth-order valence-electron chi connectivity index (χ4n) is 2.33. The molecule has 0 saturated carbocycles. The van der Waals surface area contributed by atoms with Crippen molar-refractivity contribution in [3.05, 3.63) is 70.8 Å². The molecule has 0 aliphatic carbocycles. The second-order valence-electron chi connectivity index (χ2n) is 5.90. The first kappa shape index (κ1) is 17.7. The summed E-state index contributed by atoms with van der Waals surface area (Å²) in [6.45, 7) is 5.39. The molecule has 2 aromatic rings. The Morgan fingerprint density at radius 3 is 2.46 bits per heavy atom. The molecule has 0 aliphatic heterocycles. The predicted molar refractivity (Wildman–Crippen MR) is 95.4 cm³/mol. The van der Waals surface area contributed by atoms with E-state index in [0.29, 0.717) is 24.2 Å². The van der Waals surface area contributed by atoms with Crippen molar-refractivity contribution in [1.29, 1.82) is 5.26 Å². The minimum absolute atomic E-state index is 0.0343. The molecular weight excluding hydrogens is 298 g/mol. The Morgan fingerprint density at radius 1 is 1.12 bits per heavy atom. The van der Waals surface area contributed by atoms with Gasteiger partial charge in [0.05, 0.1) is 11.6 Å². The Morgan fingerprint density at radius 2 is 1.79 bits per heavy atom. The second-order valence-corrected chi connectivity index (χ2v) is 5.90. The van der Waals surface area contributed by atoms with Crippen molar-refractivity contribution < 1.29 is 4.79 Å². The smallest absolute Gasteiger partial charge is 0.251 e. The van der Waals surface area contributed by atoms with Gasteiger partial charge < -0.3 is 10.6 Å². The molecule has 1 unspecified atom stereocenters. The molecule has 124 valence electrons. The Bertz CT molecular complexity index is 734. The number of rotatable bonds is 7. The molecule has 2 rings (SSSR count). The van der Waals surface area contributed by atoms with Crippen molar-refractivity contribution in [1.82, 2.24) is 10.6 Å². The highest BCUT2D eigenvalue weighted by molar-refractivity contribution is 5.94. The first-order valence-corrected chi connectivity index (χ1v) is 8.22. The number of carbonyl (C=O) groups excluding carboxylic acids is 1. The third-order valence-electron chi connectivity index (χ3n) is 3.89. The van der Waals surface area contributed by atoms with Crippen LogP contribution in [0.4, 0.5) is 0 Å². The molecular formula is C20H23N3O. The van der Waals surface area contributed by atoms with Crippen LogP contribution in [0, 0.1) is 11.3 Å². The average molecular weight is 321 g/mol. The first-order valence-electron chi connectivity index (χ1n) is 8.22. The fourth-order valence-corrected chi connectivity index (χ4v) is 2.33. The van der Waals surface area contributed by atoms with Gasteiger partial charge in [-0.3, -0.25) is 4.79 Å². The monoisotopic (exact) mass is 321 g/mol. The van der Waals surface area contributed by atoms with Crippen LogP contribution in [-0.4, -0.2) is 11.9 Å². The average Bonchev–Trinajstić information content (AvgIpc) is 2.62. The topological polar surface area (TPSA) is 64.9 Å². The first-order chi connectivity index (χ1) is 11.6. The van der Waals surface area contributed by atoms with Crippen LogP contribution in [0.2, 0.25) is 0 Å². The van der Waals surface area contributed by atoms with E-state index in [0.717, 1.165) is 17.5 Å². The summed E-state index contributed by atoms with van der Waals surface area (Å²) in [5.41, 5.74) is 3.47. The van der Waals surface area contributed by atoms with Crippen molar-refractivity contribution in [2.75, 3.05) is 0 Å². The Hall–Kier alpha value is -2.64. The molecule has 0 aromatic heterocycles. The van der Waals surface area contributed by atoms with Gasteiger partial charge in [-0.25, -0.2) is 0 Å². The normalized spacial score (nSPS) is 11.5. The molecule has 2 aromatic carbocycles. The molecule has 0 bridgehead atoms. The maximum absolute atomic E-state index is 12.2. The van der Waals surface area contributed by atoms with Crippen molar-refractivity contribution in [3.63, 3.8) is 0 Å². The summed E-state index contributed by atoms with van der Waals surface area (Å²) in [6.07, 6.45) is 0.911. The minimum Gasteiger partial charge on any atom is -0.350 e. The van der Waals surface area contributed by atoms with E-state index in [1.165, 1.54) is 0 Å². The van der Waals surface area contributed by atoms with Crippen LogP contribution in [0.1, 0.15) is 47.3 Å². The molecule has 0 spiro atoms. The summed E-state index contributed by atoms with van der Waals surface area (Å²) < 4.78 is 0. The highest BCUT2D eigenvalue weighted by Gasteiger charge is 2.08. The SMILES string of the molecule is CCC(C)NC(=O)c1cccc(CNCc2cccc(C#N)c2)c1. The summed E-state index contributed by atoms with van der Waals surface area (Å²) in [5, 5.41) is 15.2. The van der Waals surface area contributed by atoms with Gasteiger partial charge in [-0.2, -0.15) is 5.26 Å². The van der Waals surface area contributed by atoms with Gasteiger partial charge in [-0.1, -0.05) is 31.2 Å². The largest absolute Gasteiger partial charge is 0.350 e. The Kier molecular flexibility index (Phi) is 6.53. The molecule has 0 radical (unpaired) electrons. The maximum atomic E-state index is 12.2. The van der Waals surface area contributed by atoms with Crippen molar-refractivity contribution in [2.24, 2.45) is 0 Å². The number of nitrogens with one attached hydrogen (secondary N) is 2. The maximum Gasteiger partial charge on any atom is 0.251 e. The minimum atomic E-state index is -0.0343. The number of carbonyl (C=O) groups is 1. The van der Waals surface area contributed by atoms with E-state index in [1.54, 1.807) is 6.07 Å². The van der Waals surface area contributed by atoms with E-state index in [4.69, 9.17) is 5.26 Å². The van der Waals surface area contributed by atoms with Crippen LogP contribution >= 0.6 is 0 Å². The number of hydrogen-bond donors (Lipinski definition) is 2. The van der Waals surface area contributed by atoms with Gasteiger partial charge >= 0.3 is 0 Å². The molecule has 1 amide bonds. The standard InChI is InChI=1S/C20H23N3O/c1-3-15(2)23-20(24)19-9-5-8-18(11-19)14-22-13-17-7-4-6-16(10-17)12-21/h4-11,15,22H,3,13-14H2,1-2H3,(H,23,24). The molecule has 0 heterocycles. The highest BCUT2D eigenvalue weighted by Crippen LogP contribution is 2.08. The van der Waals surface area contributed by atoms with Gasteiger partial charge in [0.15, 0.2) is 0 Å². The van der Waals surface area contributed by atoms with Gasteiger partial charge in [-0.05, 0) is 48.7 Å². The number of hydrogen-bond acceptors (Lipinski definition) is 3. The second kappa shape index (κ2) is 8.85. The summed E-state index contributed by atoms with van der Waals surface area (Å²) in [6, 6.07) is 17.5. The molecule has 1 atom stereocenters. The van der Waals surface area contributed by atoms with E-state index in [9.17, 15) is 4.79 Å². The summed E-state index contributed by atoms with van der Waals surface area (Å²) in [5.74, 6) is -0.0343.